The summed E-state index contributed by atoms with van der Waals surface area (Å²) in [5.41, 5.74) is 0. The lowest BCUT2D eigenvalue weighted by Crippen LogP contribution is -2.37. The number of rotatable bonds is 3. The first kappa shape index (κ1) is 12.4. The van der Waals surface area contributed by atoms with Crippen LogP contribution >= 0.6 is 0 Å². The number of sulfone groups is 1. The summed E-state index contributed by atoms with van der Waals surface area (Å²) in [7, 11) is -1.77. The van der Waals surface area contributed by atoms with E-state index in [9.17, 15) is 18.3 Å². The molecule has 1 rings (SSSR count). The Hall–Kier alpha value is -0.620. The van der Waals surface area contributed by atoms with Crippen molar-refractivity contribution in [1.82, 2.24) is 0 Å². The lowest BCUT2D eigenvalue weighted by Gasteiger charge is -2.27. The minimum Gasteiger partial charge on any atom is -0.469 e. The SMILES string of the molecule is COC(=O)CCC1CCS(=O)(=O)CC1O. The summed E-state index contributed by atoms with van der Waals surface area (Å²) in [6.45, 7) is 0. The van der Waals surface area contributed by atoms with E-state index in [1.54, 1.807) is 0 Å². The molecule has 1 saturated heterocycles. The van der Waals surface area contributed by atoms with Crippen molar-refractivity contribution >= 4 is 15.8 Å². The van der Waals surface area contributed by atoms with Crippen LogP contribution in [0.3, 0.4) is 0 Å². The van der Waals surface area contributed by atoms with Gasteiger partial charge in [-0.1, -0.05) is 0 Å². The van der Waals surface area contributed by atoms with Gasteiger partial charge in [0.2, 0.25) is 0 Å². The van der Waals surface area contributed by atoms with Crippen molar-refractivity contribution in [1.29, 1.82) is 0 Å². The molecular weight excluding hydrogens is 220 g/mol. The van der Waals surface area contributed by atoms with Crippen LogP contribution in [-0.2, 0) is 19.4 Å². The van der Waals surface area contributed by atoms with Gasteiger partial charge in [-0.15, -0.1) is 0 Å². The van der Waals surface area contributed by atoms with Gasteiger partial charge in [-0.05, 0) is 18.8 Å². The number of aliphatic hydroxyl groups is 1. The zero-order valence-electron chi connectivity index (χ0n) is 8.68. The minimum absolute atomic E-state index is 0.104. The van der Waals surface area contributed by atoms with E-state index in [1.165, 1.54) is 7.11 Å². The molecule has 88 valence electrons. The van der Waals surface area contributed by atoms with Gasteiger partial charge in [0.25, 0.3) is 0 Å². The van der Waals surface area contributed by atoms with Crippen LogP contribution < -0.4 is 0 Å². The molecular formula is C9H16O5S. The third kappa shape index (κ3) is 3.79. The lowest BCUT2D eigenvalue weighted by molar-refractivity contribution is -0.141. The van der Waals surface area contributed by atoms with Crippen LogP contribution in [0, 0.1) is 5.92 Å². The van der Waals surface area contributed by atoms with Gasteiger partial charge in [-0.2, -0.15) is 0 Å². The Labute approximate surface area is 89.3 Å². The molecule has 0 aromatic carbocycles. The molecule has 0 spiro atoms. The minimum atomic E-state index is -3.08. The Bertz CT molecular complexity index is 321. The normalized spacial score (nSPS) is 29.7. The number of methoxy groups -OCH3 is 1. The molecule has 0 radical (unpaired) electrons. The van der Waals surface area contributed by atoms with Gasteiger partial charge in [-0.25, -0.2) is 8.42 Å². The van der Waals surface area contributed by atoms with Crippen LogP contribution in [0.5, 0.6) is 0 Å². The van der Waals surface area contributed by atoms with Gasteiger partial charge in [0.05, 0.1) is 24.7 Å². The molecule has 5 nitrogen and oxygen atoms in total. The highest BCUT2D eigenvalue weighted by Crippen LogP contribution is 2.23. The topological polar surface area (TPSA) is 80.7 Å². The highest BCUT2D eigenvalue weighted by Gasteiger charge is 2.31. The molecule has 15 heavy (non-hydrogen) atoms. The highest BCUT2D eigenvalue weighted by atomic mass is 32.2. The summed E-state index contributed by atoms with van der Waals surface area (Å²) in [4.78, 5) is 10.9. The molecule has 1 aliphatic heterocycles. The van der Waals surface area contributed by atoms with Crippen molar-refractivity contribution in [3.63, 3.8) is 0 Å². The van der Waals surface area contributed by atoms with E-state index >= 15 is 0 Å². The summed E-state index contributed by atoms with van der Waals surface area (Å²) in [6, 6.07) is 0. The number of esters is 1. The van der Waals surface area contributed by atoms with Gasteiger partial charge < -0.3 is 9.84 Å². The fraction of sp³-hybridized carbons (Fsp3) is 0.889. The Morgan fingerprint density at radius 2 is 2.20 bits per heavy atom. The molecule has 2 atom stereocenters. The fourth-order valence-electron chi connectivity index (χ4n) is 1.74. The standard InChI is InChI=1S/C9H16O5S/c1-14-9(11)3-2-7-4-5-15(12,13)6-8(7)10/h7-8,10H,2-6H2,1H3. The Balaban J connectivity index is 2.42. The van der Waals surface area contributed by atoms with E-state index in [2.05, 4.69) is 4.74 Å². The smallest absolute Gasteiger partial charge is 0.305 e. The van der Waals surface area contributed by atoms with Crippen LogP contribution in [0.2, 0.25) is 0 Å². The van der Waals surface area contributed by atoms with Crippen LogP contribution in [0.1, 0.15) is 19.3 Å². The van der Waals surface area contributed by atoms with Crippen molar-refractivity contribution in [2.24, 2.45) is 5.92 Å². The predicted molar refractivity (Wildman–Crippen MR) is 54.0 cm³/mol. The maximum Gasteiger partial charge on any atom is 0.305 e. The molecule has 2 unspecified atom stereocenters. The summed E-state index contributed by atoms with van der Waals surface area (Å²) >= 11 is 0. The molecule has 0 bridgehead atoms. The second-order valence-corrected chi connectivity index (χ2v) is 6.07. The molecule has 0 aliphatic carbocycles. The van der Waals surface area contributed by atoms with E-state index in [-0.39, 0.29) is 29.8 Å². The molecule has 1 heterocycles. The van der Waals surface area contributed by atoms with Gasteiger partial charge in [0.1, 0.15) is 0 Å². The average molecular weight is 236 g/mol. The van der Waals surface area contributed by atoms with Crippen LogP contribution in [0.4, 0.5) is 0 Å². The van der Waals surface area contributed by atoms with Crippen molar-refractivity contribution in [2.45, 2.75) is 25.4 Å². The molecule has 6 heteroatoms. The number of carbonyl (C=O) groups is 1. The molecule has 0 aromatic rings. The maximum absolute atomic E-state index is 11.1. The van der Waals surface area contributed by atoms with Gasteiger partial charge >= 0.3 is 5.97 Å². The fourth-order valence-corrected chi connectivity index (χ4v) is 3.37. The van der Waals surface area contributed by atoms with E-state index < -0.39 is 15.9 Å². The van der Waals surface area contributed by atoms with E-state index in [0.717, 1.165) is 0 Å². The zero-order chi connectivity index (χ0) is 11.5. The lowest BCUT2D eigenvalue weighted by atomic mass is 9.94. The Kier molecular flexibility index (Phi) is 4.10. The summed E-state index contributed by atoms with van der Waals surface area (Å²) in [6.07, 6.45) is 0.315. The number of hydrogen-bond donors (Lipinski definition) is 1. The van der Waals surface area contributed by atoms with Crippen molar-refractivity contribution in [2.75, 3.05) is 18.6 Å². The largest absolute Gasteiger partial charge is 0.469 e. The third-order valence-corrected chi connectivity index (χ3v) is 4.42. The first-order valence-electron chi connectivity index (χ1n) is 4.90. The van der Waals surface area contributed by atoms with Crippen molar-refractivity contribution < 1.29 is 23.1 Å². The molecule has 1 N–H and O–H groups in total. The van der Waals surface area contributed by atoms with Crippen molar-refractivity contribution in [3.8, 4) is 0 Å². The number of aliphatic hydroxyl groups excluding tert-OH is 1. The summed E-state index contributed by atoms with van der Waals surface area (Å²) in [5, 5.41) is 9.56. The van der Waals surface area contributed by atoms with Gasteiger partial charge in [-0.3, -0.25) is 4.79 Å². The predicted octanol–water partition coefficient (Wildman–Crippen LogP) is -0.265. The first-order chi connectivity index (χ1) is 6.94. The number of hydrogen-bond acceptors (Lipinski definition) is 5. The van der Waals surface area contributed by atoms with Crippen LogP contribution in [-0.4, -0.2) is 44.2 Å². The summed E-state index contributed by atoms with van der Waals surface area (Å²) < 4.78 is 26.8. The van der Waals surface area contributed by atoms with Crippen molar-refractivity contribution in [3.05, 3.63) is 0 Å². The molecule has 0 saturated carbocycles. The maximum atomic E-state index is 11.1. The second kappa shape index (κ2) is 4.94. The summed E-state index contributed by atoms with van der Waals surface area (Å²) in [5.74, 6) is -0.502. The zero-order valence-corrected chi connectivity index (χ0v) is 9.50. The van der Waals surface area contributed by atoms with E-state index in [1.807, 2.05) is 0 Å². The molecule has 0 aromatic heterocycles. The molecule has 0 amide bonds. The van der Waals surface area contributed by atoms with Crippen LogP contribution in [0.25, 0.3) is 0 Å². The van der Waals surface area contributed by atoms with E-state index in [0.29, 0.717) is 12.8 Å². The van der Waals surface area contributed by atoms with E-state index in [4.69, 9.17) is 0 Å². The second-order valence-electron chi connectivity index (χ2n) is 3.85. The Morgan fingerprint density at radius 1 is 1.53 bits per heavy atom. The monoisotopic (exact) mass is 236 g/mol. The molecule has 1 fully saturated rings. The number of carbonyl (C=O) groups excluding carboxylic acids is 1. The number of ether oxygens (including phenoxy) is 1. The van der Waals surface area contributed by atoms with Gasteiger partial charge in [0.15, 0.2) is 9.84 Å². The molecule has 1 aliphatic rings. The van der Waals surface area contributed by atoms with Gasteiger partial charge in [0, 0.05) is 6.42 Å². The quantitative estimate of drug-likeness (QED) is 0.682. The first-order valence-corrected chi connectivity index (χ1v) is 6.72. The van der Waals surface area contributed by atoms with Crippen LogP contribution in [0.15, 0.2) is 0 Å². The third-order valence-electron chi connectivity index (χ3n) is 2.72. The Morgan fingerprint density at radius 3 is 2.73 bits per heavy atom. The highest BCUT2D eigenvalue weighted by molar-refractivity contribution is 7.91. The average Bonchev–Trinajstić information content (AvgIpc) is 2.15.